The summed E-state index contributed by atoms with van der Waals surface area (Å²) in [5, 5.41) is 0. The van der Waals surface area contributed by atoms with Crippen molar-refractivity contribution in [1.82, 2.24) is 14.7 Å². The number of piperazine rings is 3. The number of aryl methyl sites for hydroxylation is 3. The van der Waals surface area contributed by atoms with E-state index in [1.54, 1.807) is 28.3 Å². The summed E-state index contributed by atoms with van der Waals surface area (Å²) in [6.07, 6.45) is 0. The van der Waals surface area contributed by atoms with Gasteiger partial charge in [0.25, 0.3) is 0 Å². The van der Waals surface area contributed by atoms with Crippen LogP contribution in [-0.4, -0.2) is 135 Å². The molecule has 0 N–H and O–H groups in total. The molecule has 0 radical (unpaired) electrons. The van der Waals surface area contributed by atoms with Gasteiger partial charge in [-0.2, -0.15) is 0 Å². The molecule has 0 unspecified atom stereocenters. The van der Waals surface area contributed by atoms with Gasteiger partial charge < -0.3 is 43.6 Å². The molecule has 0 bridgehead atoms. The van der Waals surface area contributed by atoms with Crippen LogP contribution in [-0.2, 0) is 4.79 Å². The van der Waals surface area contributed by atoms with Crippen LogP contribution in [0.15, 0.2) is 54.6 Å². The van der Waals surface area contributed by atoms with Crippen molar-refractivity contribution < 1.29 is 19.0 Å². The molecule has 3 saturated heterocycles. The maximum absolute atomic E-state index is 11.3. The Labute approximate surface area is 301 Å². The first-order valence-electron chi connectivity index (χ1n) is 17.8. The number of ether oxygens (including phenoxy) is 3. The number of rotatable bonds is 6. The summed E-state index contributed by atoms with van der Waals surface area (Å²) < 4.78 is 16.1. The van der Waals surface area contributed by atoms with Crippen molar-refractivity contribution in [2.45, 2.75) is 27.7 Å². The largest absolute Gasteiger partial charge is 0.496 e. The Morgan fingerprint density at radius 3 is 1.02 bits per heavy atom. The van der Waals surface area contributed by atoms with Crippen molar-refractivity contribution in [3.63, 3.8) is 0 Å². The first-order chi connectivity index (χ1) is 24.0. The number of likely N-dealkylation sites (N-methyl/N-ethyl adjacent to an activating group) is 2. The van der Waals surface area contributed by atoms with Crippen molar-refractivity contribution >= 4 is 23.0 Å². The summed E-state index contributed by atoms with van der Waals surface area (Å²) >= 11 is 0. The topological polar surface area (TPSA) is 64.2 Å². The van der Waals surface area contributed by atoms with E-state index in [-0.39, 0.29) is 5.91 Å². The van der Waals surface area contributed by atoms with Gasteiger partial charge in [0.1, 0.15) is 17.2 Å². The Morgan fingerprint density at radius 2 is 0.760 bits per heavy atom. The van der Waals surface area contributed by atoms with Gasteiger partial charge in [0, 0.05) is 121 Å². The molecule has 6 rings (SSSR count). The second-order valence-corrected chi connectivity index (χ2v) is 13.5. The van der Waals surface area contributed by atoms with E-state index in [1.165, 1.54) is 28.2 Å². The lowest BCUT2D eigenvalue weighted by molar-refractivity contribution is -0.129. The second kappa shape index (κ2) is 18.7. The SMILES string of the molecule is COc1cc(N2CCN(C(C)=O)CC2)ccc1C.COc1cc(N2CCN(C)CC2)ccc1C.COc1cc(N2CCN(C)CC2)ccc1C. The molecule has 3 aliphatic heterocycles. The van der Waals surface area contributed by atoms with Gasteiger partial charge in [0.2, 0.25) is 5.91 Å². The summed E-state index contributed by atoms with van der Waals surface area (Å²) in [5.74, 6) is 3.05. The van der Waals surface area contributed by atoms with Crippen LogP contribution in [0.4, 0.5) is 17.1 Å². The lowest BCUT2D eigenvalue weighted by Gasteiger charge is -2.35. The minimum Gasteiger partial charge on any atom is -0.496 e. The van der Waals surface area contributed by atoms with Gasteiger partial charge in [0.05, 0.1) is 21.3 Å². The van der Waals surface area contributed by atoms with Gasteiger partial charge in [-0.25, -0.2) is 0 Å². The molecular formula is C40H60N6O4. The fraction of sp³-hybridized carbons (Fsp3) is 0.525. The van der Waals surface area contributed by atoms with Gasteiger partial charge in [-0.15, -0.1) is 0 Å². The van der Waals surface area contributed by atoms with Crippen molar-refractivity contribution in [3.05, 3.63) is 71.3 Å². The van der Waals surface area contributed by atoms with E-state index in [1.807, 2.05) is 11.8 Å². The maximum Gasteiger partial charge on any atom is 0.219 e. The molecule has 274 valence electrons. The van der Waals surface area contributed by atoms with E-state index in [9.17, 15) is 4.79 Å². The van der Waals surface area contributed by atoms with Crippen LogP contribution in [0.1, 0.15) is 23.6 Å². The average Bonchev–Trinajstić information content (AvgIpc) is 3.13. The van der Waals surface area contributed by atoms with Gasteiger partial charge in [-0.1, -0.05) is 18.2 Å². The molecule has 3 aromatic rings. The van der Waals surface area contributed by atoms with Crippen molar-refractivity contribution in [3.8, 4) is 17.2 Å². The second-order valence-electron chi connectivity index (χ2n) is 13.5. The summed E-state index contributed by atoms with van der Waals surface area (Å²) in [5.41, 5.74) is 7.25. The average molecular weight is 689 g/mol. The predicted molar refractivity (Wildman–Crippen MR) is 207 cm³/mol. The molecule has 3 aromatic carbocycles. The Hall–Kier alpha value is -4.15. The summed E-state index contributed by atoms with van der Waals surface area (Å²) in [4.78, 5) is 25.0. The number of anilines is 3. The summed E-state index contributed by atoms with van der Waals surface area (Å²) in [7, 11) is 9.51. The smallest absolute Gasteiger partial charge is 0.219 e. The molecule has 3 heterocycles. The number of carbonyl (C=O) groups is 1. The minimum atomic E-state index is 0.163. The number of methoxy groups -OCH3 is 3. The molecule has 50 heavy (non-hydrogen) atoms. The highest BCUT2D eigenvalue weighted by Crippen LogP contribution is 2.28. The van der Waals surface area contributed by atoms with Gasteiger partial charge >= 0.3 is 0 Å². The highest BCUT2D eigenvalue weighted by molar-refractivity contribution is 5.73. The van der Waals surface area contributed by atoms with Crippen molar-refractivity contribution in [2.24, 2.45) is 0 Å². The van der Waals surface area contributed by atoms with Crippen molar-refractivity contribution in [1.29, 1.82) is 0 Å². The lowest BCUT2D eigenvalue weighted by atomic mass is 10.1. The molecule has 0 aliphatic carbocycles. The molecule has 0 spiro atoms. The lowest BCUT2D eigenvalue weighted by Crippen LogP contribution is -2.48. The zero-order valence-corrected chi connectivity index (χ0v) is 32.0. The van der Waals surface area contributed by atoms with Gasteiger partial charge in [-0.05, 0) is 69.8 Å². The zero-order chi connectivity index (χ0) is 36.2. The van der Waals surface area contributed by atoms with E-state index >= 15 is 0 Å². The fourth-order valence-corrected chi connectivity index (χ4v) is 6.42. The molecule has 10 heteroatoms. The Kier molecular flexibility index (Phi) is 14.5. The molecule has 3 aliphatic rings. The number of amides is 1. The quantitative estimate of drug-likeness (QED) is 0.349. The van der Waals surface area contributed by atoms with Crippen LogP contribution in [0.2, 0.25) is 0 Å². The van der Waals surface area contributed by atoms with Crippen LogP contribution in [0.5, 0.6) is 17.2 Å². The standard InChI is InChI=1S/C14H20N2O2.2C13H20N2O/c1-11-4-5-13(10-14(11)18-3)16-8-6-15(7-9-16)12(2)17;2*1-11-4-5-12(10-13(11)16-3)15-8-6-14(2)7-9-15/h4-5,10H,6-9H2,1-3H3;2*4-5,10H,6-9H2,1-3H3. The van der Waals surface area contributed by atoms with E-state index in [0.717, 1.165) is 101 Å². The van der Waals surface area contributed by atoms with Crippen LogP contribution in [0.3, 0.4) is 0 Å². The molecule has 0 saturated carbocycles. The van der Waals surface area contributed by atoms with Gasteiger partial charge in [-0.3, -0.25) is 4.79 Å². The molecule has 1 amide bonds. The maximum atomic E-state index is 11.3. The number of hydrogen-bond acceptors (Lipinski definition) is 9. The molecule has 3 fully saturated rings. The first kappa shape index (κ1) is 38.6. The van der Waals surface area contributed by atoms with E-state index in [0.29, 0.717) is 0 Å². The highest BCUT2D eigenvalue weighted by Gasteiger charge is 2.20. The van der Waals surface area contributed by atoms with E-state index < -0.39 is 0 Å². The highest BCUT2D eigenvalue weighted by atomic mass is 16.5. The third-order valence-electron chi connectivity index (χ3n) is 10.0. The molecule has 0 atom stereocenters. The normalized spacial score (nSPS) is 16.9. The van der Waals surface area contributed by atoms with Crippen LogP contribution in [0, 0.1) is 20.8 Å². The van der Waals surface area contributed by atoms with Crippen LogP contribution >= 0.6 is 0 Å². The number of hydrogen-bond donors (Lipinski definition) is 0. The van der Waals surface area contributed by atoms with E-state index in [2.05, 4.69) is 107 Å². The Morgan fingerprint density at radius 1 is 0.480 bits per heavy atom. The van der Waals surface area contributed by atoms with E-state index in [4.69, 9.17) is 14.2 Å². The third-order valence-corrected chi connectivity index (χ3v) is 10.0. The fourth-order valence-electron chi connectivity index (χ4n) is 6.42. The number of benzene rings is 3. The molecule has 10 nitrogen and oxygen atoms in total. The Bertz CT molecular complexity index is 1440. The zero-order valence-electron chi connectivity index (χ0n) is 32.0. The predicted octanol–water partition coefficient (Wildman–Crippen LogP) is 5.18. The summed E-state index contributed by atoms with van der Waals surface area (Å²) in [6, 6.07) is 19.2. The molecular weight excluding hydrogens is 628 g/mol. The Balaban J connectivity index is 0.000000169. The summed E-state index contributed by atoms with van der Waals surface area (Å²) in [6.45, 7) is 20.1. The monoisotopic (exact) mass is 688 g/mol. The number of nitrogens with zero attached hydrogens (tertiary/aromatic N) is 6. The molecule has 0 aromatic heterocycles. The minimum absolute atomic E-state index is 0.163. The third kappa shape index (κ3) is 10.7. The number of carbonyl (C=O) groups excluding carboxylic acids is 1. The van der Waals surface area contributed by atoms with Crippen LogP contribution in [0.25, 0.3) is 0 Å². The van der Waals surface area contributed by atoms with Crippen LogP contribution < -0.4 is 28.9 Å². The first-order valence-corrected chi connectivity index (χ1v) is 17.8. The van der Waals surface area contributed by atoms with Gasteiger partial charge in [0.15, 0.2) is 0 Å². The van der Waals surface area contributed by atoms with Crippen molar-refractivity contribution in [2.75, 3.05) is 129 Å².